The van der Waals surface area contributed by atoms with E-state index in [1.807, 2.05) is 0 Å². The topological polar surface area (TPSA) is 24.4 Å². The summed E-state index contributed by atoms with van der Waals surface area (Å²) in [6, 6.07) is -0.542. The summed E-state index contributed by atoms with van der Waals surface area (Å²) in [5.74, 6) is 0. The Labute approximate surface area is 56.1 Å². The van der Waals surface area contributed by atoms with Crippen LogP contribution >= 0.6 is 0 Å². The van der Waals surface area contributed by atoms with Gasteiger partial charge in [0.2, 0.25) is 0 Å². The van der Waals surface area contributed by atoms with Crippen LogP contribution in [-0.2, 0) is 0 Å². The zero-order valence-electron chi connectivity index (χ0n) is 5.15. The quantitative estimate of drug-likeness (QED) is 0.594. The Morgan fingerprint density at radius 2 is 2.30 bits per heavy atom. The molecule has 0 radical (unpaired) electrons. The van der Waals surface area contributed by atoms with Crippen molar-refractivity contribution in [2.45, 2.75) is 18.6 Å². The Morgan fingerprint density at radius 1 is 1.60 bits per heavy atom. The highest BCUT2D eigenvalue weighted by Crippen LogP contribution is 2.21. The second kappa shape index (κ2) is 2.48. The Kier molecular flexibility index (Phi) is 1.82. The van der Waals surface area contributed by atoms with Crippen molar-refractivity contribution in [2.75, 3.05) is 6.54 Å². The predicted molar refractivity (Wildman–Crippen MR) is 31.0 cm³/mol. The third-order valence-electron chi connectivity index (χ3n) is 1.21. The molecule has 0 amide bonds. The molecule has 10 heavy (non-hydrogen) atoms. The number of nitrogens with zero attached hydrogens (tertiary/aromatic N) is 1. The maximum atomic E-state index is 11.6. The van der Waals surface area contributed by atoms with E-state index >= 15 is 0 Å². The van der Waals surface area contributed by atoms with Crippen LogP contribution in [0.5, 0.6) is 0 Å². The summed E-state index contributed by atoms with van der Waals surface area (Å²) in [5, 5.41) is 2.50. The summed E-state index contributed by atoms with van der Waals surface area (Å²) in [5.41, 5.74) is 0. The van der Waals surface area contributed by atoms with Gasteiger partial charge in [0.1, 0.15) is 0 Å². The molecule has 1 atom stereocenters. The molecule has 0 saturated carbocycles. The van der Waals surface area contributed by atoms with Crippen molar-refractivity contribution in [3.63, 3.8) is 0 Å². The highest BCUT2D eigenvalue weighted by Gasteiger charge is 2.32. The smallest absolute Gasteiger partial charge is 0.371 e. The van der Waals surface area contributed by atoms with Crippen molar-refractivity contribution in [1.82, 2.24) is 5.32 Å². The molecule has 0 fully saturated rings. The van der Waals surface area contributed by atoms with E-state index in [1.165, 1.54) is 6.34 Å². The number of nitrogens with one attached hydrogen (secondary N) is 1. The minimum atomic E-state index is -4.08. The van der Waals surface area contributed by atoms with Crippen LogP contribution in [0.1, 0.15) is 6.42 Å². The Morgan fingerprint density at radius 3 is 2.70 bits per heavy atom. The molecule has 0 aromatic heterocycles. The van der Waals surface area contributed by atoms with Crippen LogP contribution in [0.15, 0.2) is 4.99 Å². The number of hydrogen-bond acceptors (Lipinski definition) is 2. The van der Waals surface area contributed by atoms with E-state index in [-0.39, 0.29) is 6.54 Å². The monoisotopic (exact) mass is 152 g/mol. The van der Waals surface area contributed by atoms with Crippen molar-refractivity contribution >= 4 is 6.34 Å². The molecule has 0 saturated heterocycles. The van der Waals surface area contributed by atoms with Crippen LogP contribution in [0, 0.1) is 0 Å². The van der Waals surface area contributed by atoms with E-state index in [9.17, 15) is 13.2 Å². The lowest BCUT2D eigenvalue weighted by Gasteiger charge is -2.11. The van der Waals surface area contributed by atoms with Gasteiger partial charge >= 0.3 is 6.18 Å². The second-order valence-electron chi connectivity index (χ2n) is 2.18. The first-order chi connectivity index (χ1) is 4.58. The van der Waals surface area contributed by atoms with E-state index in [2.05, 4.69) is 10.3 Å². The molecule has 5 heteroatoms. The number of rotatable bonds is 1. The number of alkyl halides is 3. The predicted octanol–water partition coefficient (Wildman–Crippen LogP) is 0.939. The first-order valence-electron chi connectivity index (χ1n) is 2.89. The molecular weight excluding hydrogens is 145 g/mol. The highest BCUT2D eigenvalue weighted by atomic mass is 19.4. The van der Waals surface area contributed by atoms with Crippen molar-refractivity contribution in [3.8, 4) is 0 Å². The first-order valence-corrected chi connectivity index (χ1v) is 2.89. The van der Waals surface area contributed by atoms with Crippen LogP contribution in [0.3, 0.4) is 0 Å². The maximum Gasteiger partial charge on any atom is 0.391 e. The zero-order chi connectivity index (χ0) is 7.61. The van der Waals surface area contributed by atoms with Gasteiger partial charge in [0, 0.05) is 0 Å². The van der Waals surface area contributed by atoms with Gasteiger partial charge in [-0.05, 0) is 0 Å². The Hall–Kier alpha value is -0.740. The lowest BCUT2D eigenvalue weighted by atomic mass is 10.2. The molecule has 1 rings (SSSR count). The van der Waals surface area contributed by atoms with Gasteiger partial charge in [-0.25, -0.2) is 0 Å². The van der Waals surface area contributed by atoms with Gasteiger partial charge in [-0.15, -0.1) is 0 Å². The molecule has 1 aliphatic rings. The van der Waals surface area contributed by atoms with E-state index in [4.69, 9.17) is 0 Å². The molecular formula is C5H7F3N2. The molecule has 0 aromatic rings. The van der Waals surface area contributed by atoms with Gasteiger partial charge in [0.25, 0.3) is 0 Å². The maximum absolute atomic E-state index is 11.6. The Balaban J connectivity index is 2.26. The third-order valence-corrected chi connectivity index (χ3v) is 1.21. The van der Waals surface area contributed by atoms with Crippen molar-refractivity contribution in [2.24, 2.45) is 4.99 Å². The fourth-order valence-corrected chi connectivity index (χ4v) is 0.794. The van der Waals surface area contributed by atoms with E-state index < -0.39 is 18.6 Å². The van der Waals surface area contributed by atoms with Gasteiger partial charge < -0.3 is 5.32 Å². The summed E-state index contributed by atoms with van der Waals surface area (Å²) in [6.07, 6.45) is -3.56. The molecule has 1 N–H and O–H groups in total. The fourth-order valence-electron chi connectivity index (χ4n) is 0.794. The van der Waals surface area contributed by atoms with Crippen LogP contribution in [0.25, 0.3) is 0 Å². The van der Waals surface area contributed by atoms with Gasteiger partial charge in [0.05, 0.1) is 25.3 Å². The second-order valence-corrected chi connectivity index (χ2v) is 2.18. The number of hydrogen-bond donors (Lipinski definition) is 1. The molecule has 0 spiro atoms. The summed E-state index contributed by atoms with van der Waals surface area (Å²) in [7, 11) is 0. The SMILES string of the molecule is FC(F)(F)CC1CN=CN1. The molecule has 1 unspecified atom stereocenters. The van der Waals surface area contributed by atoms with E-state index in [1.54, 1.807) is 0 Å². The molecule has 2 nitrogen and oxygen atoms in total. The van der Waals surface area contributed by atoms with Gasteiger partial charge in [-0.3, -0.25) is 4.99 Å². The van der Waals surface area contributed by atoms with E-state index in [0.717, 1.165) is 0 Å². The molecule has 1 heterocycles. The summed E-state index contributed by atoms with van der Waals surface area (Å²) >= 11 is 0. The molecule has 1 aliphatic heterocycles. The average molecular weight is 152 g/mol. The van der Waals surface area contributed by atoms with Crippen LogP contribution in [-0.4, -0.2) is 25.1 Å². The third kappa shape index (κ3) is 2.24. The number of halogens is 3. The fraction of sp³-hybridized carbons (Fsp3) is 0.800. The van der Waals surface area contributed by atoms with Crippen LogP contribution in [0.4, 0.5) is 13.2 Å². The van der Waals surface area contributed by atoms with Gasteiger partial charge in [-0.1, -0.05) is 0 Å². The minimum absolute atomic E-state index is 0.236. The highest BCUT2D eigenvalue weighted by molar-refractivity contribution is 5.57. The zero-order valence-corrected chi connectivity index (χ0v) is 5.15. The lowest BCUT2D eigenvalue weighted by Crippen LogP contribution is -2.30. The van der Waals surface area contributed by atoms with Crippen molar-refractivity contribution < 1.29 is 13.2 Å². The Bertz CT molecular complexity index is 132. The molecule has 58 valence electrons. The minimum Gasteiger partial charge on any atom is -0.371 e. The summed E-state index contributed by atoms with van der Waals surface area (Å²) in [4.78, 5) is 3.61. The molecule has 0 aromatic carbocycles. The average Bonchev–Trinajstić information content (AvgIpc) is 2.12. The van der Waals surface area contributed by atoms with Gasteiger partial charge in [0.15, 0.2) is 0 Å². The van der Waals surface area contributed by atoms with Crippen LogP contribution < -0.4 is 5.32 Å². The van der Waals surface area contributed by atoms with Crippen molar-refractivity contribution in [3.05, 3.63) is 0 Å². The molecule has 0 aliphatic carbocycles. The number of aliphatic imine (C=N–C) groups is 1. The standard InChI is InChI=1S/C5H7F3N2/c6-5(7,8)1-4-2-9-3-10-4/h3-4H,1-2H2,(H,9,10). The van der Waals surface area contributed by atoms with E-state index in [0.29, 0.717) is 0 Å². The summed E-state index contributed by atoms with van der Waals surface area (Å²) < 4.78 is 34.8. The summed E-state index contributed by atoms with van der Waals surface area (Å²) in [6.45, 7) is 0.236. The molecule has 0 bridgehead atoms. The largest absolute Gasteiger partial charge is 0.391 e. The van der Waals surface area contributed by atoms with Crippen molar-refractivity contribution in [1.29, 1.82) is 0 Å². The van der Waals surface area contributed by atoms with Crippen LogP contribution in [0.2, 0.25) is 0 Å². The normalized spacial score (nSPS) is 24.9. The lowest BCUT2D eigenvalue weighted by molar-refractivity contribution is -0.138. The van der Waals surface area contributed by atoms with Gasteiger partial charge in [-0.2, -0.15) is 13.2 Å². The first kappa shape index (κ1) is 7.37.